The Bertz CT molecular complexity index is 867. The number of fused-ring (bicyclic) bond motifs is 1. The fourth-order valence-corrected chi connectivity index (χ4v) is 2.43. The number of nitro benzene ring substituents is 1. The van der Waals surface area contributed by atoms with Crippen LogP contribution < -0.4 is 0 Å². The molecule has 0 aliphatic carbocycles. The van der Waals surface area contributed by atoms with E-state index in [4.69, 9.17) is 4.74 Å². The Morgan fingerprint density at radius 2 is 1.92 bits per heavy atom. The lowest BCUT2D eigenvalue weighted by Crippen LogP contribution is -2.06. The van der Waals surface area contributed by atoms with Crippen molar-refractivity contribution in [1.82, 2.24) is 0 Å². The number of nitro groups is 1. The van der Waals surface area contributed by atoms with E-state index in [-0.39, 0.29) is 11.5 Å². The van der Waals surface area contributed by atoms with E-state index in [1.54, 1.807) is 0 Å². The fourth-order valence-electron chi connectivity index (χ4n) is 2.43. The summed E-state index contributed by atoms with van der Waals surface area (Å²) in [5, 5.41) is 10.7. The van der Waals surface area contributed by atoms with Crippen LogP contribution in [0.4, 0.5) is 11.4 Å². The second-order valence-corrected chi connectivity index (χ2v) is 5.09. The van der Waals surface area contributed by atoms with Gasteiger partial charge in [-0.15, -0.1) is 0 Å². The van der Waals surface area contributed by atoms with Crippen molar-refractivity contribution in [2.24, 2.45) is 4.99 Å². The number of ether oxygens (including phenoxy) is 1. The molecular weight excluding hydrogens is 308 g/mol. The third kappa shape index (κ3) is 2.94. The zero-order chi connectivity index (χ0) is 17.1. The molecule has 120 valence electrons. The number of hydrogen-bond donors (Lipinski definition) is 0. The maximum absolute atomic E-state index is 12.5. The van der Waals surface area contributed by atoms with Crippen LogP contribution in [0.1, 0.15) is 22.8 Å². The maximum atomic E-state index is 12.5. The molecule has 0 bridgehead atoms. The fraction of sp³-hybridized carbons (Fsp3) is 0.111. The average molecular weight is 322 g/mol. The van der Waals surface area contributed by atoms with Crippen LogP contribution in [0.2, 0.25) is 0 Å². The Kier molecular flexibility index (Phi) is 4.20. The van der Waals surface area contributed by atoms with Gasteiger partial charge in [0.2, 0.25) is 5.90 Å². The Balaban J connectivity index is 1.95. The van der Waals surface area contributed by atoms with Crippen molar-refractivity contribution in [3.05, 3.63) is 75.8 Å². The summed E-state index contributed by atoms with van der Waals surface area (Å²) >= 11 is 0. The highest BCUT2D eigenvalue weighted by Gasteiger charge is 2.23. The van der Waals surface area contributed by atoms with Gasteiger partial charge < -0.3 is 4.74 Å². The van der Waals surface area contributed by atoms with E-state index >= 15 is 0 Å². The summed E-state index contributed by atoms with van der Waals surface area (Å²) in [7, 11) is 0. The molecule has 0 saturated carbocycles. The van der Waals surface area contributed by atoms with E-state index < -0.39 is 4.92 Å². The van der Waals surface area contributed by atoms with Gasteiger partial charge >= 0.3 is 0 Å². The van der Waals surface area contributed by atoms with Crippen LogP contribution >= 0.6 is 0 Å². The maximum Gasteiger partial charge on any atom is 0.269 e. The molecule has 0 atom stereocenters. The molecule has 24 heavy (non-hydrogen) atoms. The first-order chi connectivity index (χ1) is 11.6. The highest BCUT2D eigenvalue weighted by atomic mass is 16.6. The Morgan fingerprint density at radius 1 is 1.21 bits per heavy atom. The minimum absolute atomic E-state index is 0.0537. The lowest BCUT2D eigenvalue weighted by Gasteiger charge is -2.05. The first kappa shape index (κ1) is 15.6. The molecule has 0 N–H and O–H groups in total. The van der Waals surface area contributed by atoms with Crippen LogP contribution in [0.5, 0.6) is 0 Å². The van der Waals surface area contributed by atoms with Crippen LogP contribution in [0.3, 0.4) is 0 Å². The van der Waals surface area contributed by atoms with Crippen molar-refractivity contribution >= 4 is 28.6 Å². The second kappa shape index (κ2) is 6.45. The van der Waals surface area contributed by atoms with Gasteiger partial charge in [-0.3, -0.25) is 14.9 Å². The summed E-state index contributed by atoms with van der Waals surface area (Å²) in [5.41, 5.74) is 2.52. The van der Waals surface area contributed by atoms with Gasteiger partial charge in [-0.2, -0.15) is 0 Å². The molecule has 1 aliphatic rings. The second-order valence-electron chi connectivity index (χ2n) is 5.09. The largest absolute Gasteiger partial charge is 0.478 e. The van der Waals surface area contributed by atoms with Crippen LogP contribution in [-0.2, 0) is 4.74 Å². The zero-order valence-corrected chi connectivity index (χ0v) is 12.9. The van der Waals surface area contributed by atoms with Crippen molar-refractivity contribution in [2.75, 3.05) is 6.61 Å². The first-order valence-corrected chi connectivity index (χ1v) is 7.42. The number of allylic oxidation sites excluding steroid dienone is 1. The summed E-state index contributed by atoms with van der Waals surface area (Å²) < 4.78 is 5.53. The SMILES string of the molecule is CCOC1=Nc2ccccc2/C1=C\C(=O)c1ccc([N+](=O)[O-])cc1. The van der Waals surface area contributed by atoms with Crippen LogP contribution in [0, 0.1) is 10.1 Å². The van der Waals surface area contributed by atoms with Gasteiger partial charge in [0.25, 0.3) is 5.69 Å². The minimum atomic E-state index is -0.500. The van der Waals surface area contributed by atoms with E-state index in [1.165, 1.54) is 30.3 Å². The lowest BCUT2D eigenvalue weighted by atomic mass is 10.0. The molecule has 6 heteroatoms. The molecule has 1 aliphatic heterocycles. The topological polar surface area (TPSA) is 81.8 Å². The normalized spacial score (nSPS) is 14.2. The summed E-state index contributed by atoms with van der Waals surface area (Å²) in [5.74, 6) is 0.151. The molecule has 6 nitrogen and oxygen atoms in total. The third-order valence-electron chi connectivity index (χ3n) is 3.57. The number of aliphatic imine (C=N–C) groups is 1. The van der Waals surface area contributed by atoms with E-state index in [2.05, 4.69) is 4.99 Å². The number of carbonyl (C=O) groups excluding carboxylic acids is 1. The number of rotatable bonds is 4. The summed E-state index contributed by atoms with van der Waals surface area (Å²) in [6.45, 7) is 2.29. The monoisotopic (exact) mass is 322 g/mol. The van der Waals surface area contributed by atoms with Gasteiger partial charge in [0.15, 0.2) is 5.78 Å². The van der Waals surface area contributed by atoms with Gasteiger partial charge in [-0.05, 0) is 31.2 Å². The number of non-ortho nitro benzene ring substituents is 1. The molecule has 2 aromatic carbocycles. The van der Waals surface area contributed by atoms with E-state index in [1.807, 2.05) is 31.2 Å². The Morgan fingerprint density at radius 3 is 2.58 bits per heavy atom. The number of ketones is 1. The molecule has 1 heterocycles. The number of hydrogen-bond acceptors (Lipinski definition) is 5. The molecule has 0 amide bonds. The number of benzene rings is 2. The van der Waals surface area contributed by atoms with Crippen LogP contribution in [-0.4, -0.2) is 23.2 Å². The van der Waals surface area contributed by atoms with Gasteiger partial charge in [-0.1, -0.05) is 18.2 Å². The molecule has 0 radical (unpaired) electrons. The highest BCUT2D eigenvalue weighted by molar-refractivity contribution is 6.29. The molecule has 3 rings (SSSR count). The van der Waals surface area contributed by atoms with Crippen molar-refractivity contribution in [2.45, 2.75) is 6.92 Å². The molecule has 2 aromatic rings. The molecule has 0 unspecified atom stereocenters. The molecular formula is C18H14N2O4. The van der Waals surface area contributed by atoms with E-state index in [0.717, 1.165) is 11.3 Å². The molecule has 0 spiro atoms. The van der Waals surface area contributed by atoms with Gasteiger partial charge in [-0.25, -0.2) is 4.99 Å². The highest BCUT2D eigenvalue weighted by Crippen LogP contribution is 2.35. The number of nitrogens with zero attached hydrogens (tertiary/aromatic N) is 2. The quantitative estimate of drug-likeness (QED) is 0.369. The van der Waals surface area contributed by atoms with E-state index in [0.29, 0.717) is 23.6 Å². The molecule has 0 fully saturated rings. The lowest BCUT2D eigenvalue weighted by molar-refractivity contribution is -0.384. The van der Waals surface area contributed by atoms with Gasteiger partial charge in [0.05, 0.1) is 17.2 Å². The zero-order valence-electron chi connectivity index (χ0n) is 12.9. The smallest absolute Gasteiger partial charge is 0.269 e. The number of para-hydroxylation sites is 1. The molecule has 0 saturated heterocycles. The first-order valence-electron chi connectivity index (χ1n) is 7.42. The van der Waals surface area contributed by atoms with Crippen molar-refractivity contribution in [3.63, 3.8) is 0 Å². The van der Waals surface area contributed by atoms with Crippen molar-refractivity contribution < 1.29 is 14.5 Å². The molecule has 0 aromatic heterocycles. The van der Waals surface area contributed by atoms with Crippen LogP contribution in [0.15, 0.2) is 59.6 Å². The summed E-state index contributed by atoms with van der Waals surface area (Å²) in [6, 6.07) is 13.0. The predicted octanol–water partition coefficient (Wildman–Crippen LogP) is 3.94. The summed E-state index contributed by atoms with van der Waals surface area (Å²) in [6.07, 6.45) is 1.46. The van der Waals surface area contributed by atoms with E-state index in [9.17, 15) is 14.9 Å². The minimum Gasteiger partial charge on any atom is -0.478 e. The van der Waals surface area contributed by atoms with Crippen molar-refractivity contribution in [1.29, 1.82) is 0 Å². The third-order valence-corrected chi connectivity index (χ3v) is 3.57. The van der Waals surface area contributed by atoms with Crippen LogP contribution in [0.25, 0.3) is 5.57 Å². The standard InChI is InChI=1S/C18H14N2O4/c1-2-24-18-15(14-5-3-4-6-16(14)19-18)11-17(21)12-7-9-13(10-8-12)20(22)23/h3-11H,2H2,1H3/b15-11+. The van der Waals surface area contributed by atoms with Gasteiger partial charge in [0.1, 0.15) is 0 Å². The Labute approximate surface area is 138 Å². The average Bonchev–Trinajstić information content (AvgIpc) is 2.93. The number of carbonyl (C=O) groups is 1. The van der Waals surface area contributed by atoms with Crippen molar-refractivity contribution in [3.8, 4) is 0 Å². The Hall–Kier alpha value is -3.28. The predicted molar refractivity (Wildman–Crippen MR) is 90.6 cm³/mol. The van der Waals surface area contributed by atoms with Gasteiger partial charge in [0, 0.05) is 28.8 Å². The summed E-state index contributed by atoms with van der Waals surface area (Å²) in [4.78, 5) is 27.1.